The summed E-state index contributed by atoms with van der Waals surface area (Å²) in [5.74, 6) is 2.52. The SMILES string of the molecule is COc1ccc(OC)c2c1CC(C)C2Br. The molecule has 0 fully saturated rings. The van der Waals surface area contributed by atoms with Gasteiger partial charge in [-0.1, -0.05) is 22.9 Å². The molecule has 15 heavy (non-hydrogen) atoms. The van der Waals surface area contributed by atoms with Gasteiger partial charge in [0, 0.05) is 16.0 Å². The summed E-state index contributed by atoms with van der Waals surface area (Å²) in [6.07, 6.45) is 1.05. The molecule has 1 aromatic carbocycles. The Morgan fingerprint density at radius 3 is 2.40 bits per heavy atom. The molecule has 0 bridgehead atoms. The minimum Gasteiger partial charge on any atom is -0.496 e. The summed E-state index contributed by atoms with van der Waals surface area (Å²) >= 11 is 3.72. The van der Waals surface area contributed by atoms with Crippen molar-refractivity contribution in [3.8, 4) is 11.5 Å². The van der Waals surface area contributed by atoms with Gasteiger partial charge < -0.3 is 9.47 Å². The molecule has 1 aliphatic rings. The van der Waals surface area contributed by atoms with Gasteiger partial charge in [0.1, 0.15) is 11.5 Å². The van der Waals surface area contributed by atoms with Gasteiger partial charge in [-0.15, -0.1) is 0 Å². The number of fused-ring (bicyclic) bond motifs is 1. The average Bonchev–Trinajstić information content (AvgIpc) is 2.55. The van der Waals surface area contributed by atoms with E-state index >= 15 is 0 Å². The fourth-order valence-electron chi connectivity index (χ4n) is 2.22. The van der Waals surface area contributed by atoms with Gasteiger partial charge in [0.25, 0.3) is 0 Å². The van der Waals surface area contributed by atoms with Gasteiger partial charge in [-0.2, -0.15) is 0 Å². The van der Waals surface area contributed by atoms with Crippen molar-refractivity contribution in [3.05, 3.63) is 23.3 Å². The summed E-state index contributed by atoms with van der Waals surface area (Å²) in [7, 11) is 3.43. The van der Waals surface area contributed by atoms with Crippen LogP contribution < -0.4 is 9.47 Å². The Hall–Kier alpha value is -0.700. The van der Waals surface area contributed by atoms with Crippen molar-refractivity contribution < 1.29 is 9.47 Å². The number of benzene rings is 1. The first kappa shape index (κ1) is 10.8. The van der Waals surface area contributed by atoms with E-state index in [9.17, 15) is 0 Å². The number of halogens is 1. The largest absolute Gasteiger partial charge is 0.496 e. The third-order valence-corrected chi connectivity index (χ3v) is 4.38. The molecule has 2 atom stereocenters. The zero-order chi connectivity index (χ0) is 11.0. The minimum absolute atomic E-state index is 0.373. The van der Waals surface area contributed by atoms with Crippen LogP contribution in [0, 0.1) is 5.92 Å². The maximum atomic E-state index is 5.39. The topological polar surface area (TPSA) is 18.5 Å². The van der Waals surface area contributed by atoms with Crippen molar-refractivity contribution in [1.29, 1.82) is 0 Å². The molecule has 1 aliphatic carbocycles. The number of alkyl halides is 1. The first-order valence-electron chi connectivity index (χ1n) is 5.06. The molecule has 2 rings (SSSR count). The van der Waals surface area contributed by atoms with Crippen LogP contribution in [0.2, 0.25) is 0 Å². The zero-order valence-corrected chi connectivity index (χ0v) is 10.8. The van der Waals surface area contributed by atoms with E-state index in [0.29, 0.717) is 10.7 Å². The van der Waals surface area contributed by atoms with Crippen molar-refractivity contribution in [2.75, 3.05) is 14.2 Å². The van der Waals surface area contributed by atoms with Crippen LogP contribution in [-0.4, -0.2) is 14.2 Å². The maximum Gasteiger partial charge on any atom is 0.123 e. The number of methoxy groups -OCH3 is 2. The van der Waals surface area contributed by atoms with E-state index < -0.39 is 0 Å². The predicted octanol–water partition coefficient (Wildman–Crippen LogP) is 3.33. The molecule has 0 saturated carbocycles. The van der Waals surface area contributed by atoms with Crippen LogP contribution in [0.15, 0.2) is 12.1 Å². The predicted molar refractivity (Wildman–Crippen MR) is 64.1 cm³/mol. The van der Waals surface area contributed by atoms with E-state index in [-0.39, 0.29) is 0 Å². The molecule has 0 heterocycles. The fraction of sp³-hybridized carbons (Fsp3) is 0.500. The lowest BCUT2D eigenvalue weighted by atomic mass is 10.1. The molecular formula is C12H15BrO2. The Labute approximate surface area is 98.7 Å². The second kappa shape index (κ2) is 4.05. The van der Waals surface area contributed by atoms with Gasteiger partial charge in [-0.3, -0.25) is 0 Å². The summed E-state index contributed by atoms with van der Waals surface area (Å²) in [6, 6.07) is 3.96. The van der Waals surface area contributed by atoms with E-state index in [2.05, 4.69) is 22.9 Å². The summed E-state index contributed by atoms with van der Waals surface area (Å²) in [6.45, 7) is 2.23. The van der Waals surface area contributed by atoms with Crippen LogP contribution in [0.3, 0.4) is 0 Å². The highest BCUT2D eigenvalue weighted by atomic mass is 79.9. The van der Waals surface area contributed by atoms with Crippen molar-refractivity contribution in [2.45, 2.75) is 18.2 Å². The lowest BCUT2D eigenvalue weighted by molar-refractivity contribution is 0.398. The second-order valence-electron chi connectivity index (χ2n) is 3.95. The molecule has 0 N–H and O–H groups in total. The summed E-state index contributed by atoms with van der Waals surface area (Å²) in [4.78, 5) is 0.373. The third kappa shape index (κ3) is 1.63. The van der Waals surface area contributed by atoms with E-state index in [1.165, 1.54) is 11.1 Å². The van der Waals surface area contributed by atoms with E-state index in [4.69, 9.17) is 9.47 Å². The van der Waals surface area contributed by atoms with Crippen LogP contribution in [0.25, 0.3) is 0 Å². The van der Waals surface area contributed by atoms with Crippen molar-refractivity contribution in [3.63, 3.8) is 0 Å². The number of ether oxygens (including phenoxy) is 2. The van der Waals surface area contributed by atoms with Crippen LogP contribution in [-0.2, 0) is 6.42 Å². The smallest absolute Gasteiger partial charge is 0.123 e. The van der Waals surface area contributed by atoms with E-state index in [1.807, 2.05) is 12.1 Å². The van der Waals surface area contributed by atoms with Gasteiger partial charge in [0.05, 0.1) is 14.2 Å². The van der Waals surface area contributed by atoms with E-state index in [0.717, 1.165) is 17.9 Å². The number of hydrogen-bond donors (Lipinski definition) is 0. The summed E-state index contributed by atoms with van der Waals surface area (Å²) in [5, 5.41) is 0. The first-order valence-corrected chi connectivity index (χ1v) is 5.98. The molecular weight excluding hydrogens is 256 g/mol. The van der Waals surface area contributed by atoms with Crippen LogP contribution >= 0.6 is 15.9 Å². The maximum absolute atomic E-state index is 5.39. The Morgan fingerprint density at radius 2 is 1.80 bits per heavy atom. The van der Waals surface area contributed by atoms with Gasteiger partial charge >= 0.3 is 0 Å². The zero-order valence-electron chi connectivity index (χ0n) is 9.21. The first-order chi connectivity index (χ1) is 7.19. The Morgan fingerprint density at radius 1 is 1.20 bits per heavy atom. The molecule has 1 aromatic rings. The normalized spacial score (nSPS) is 23.7. The van der Waals surface area contributed by atoms with Crippen molar-refractivity contribution in [2.24, 2.45) is 5.92 Å². The van der Waals surface area contributed by atoms with Gasteiger partial charge in [0.15, 0.2) is 0 Å². The average molecular weight is 271 g/mol. The lowest BCUT2D eigenvalue weighted by Gasteiger charge is -2.13. The number of hydrogen-bond acceptors (Lipinski definition) is 2. The fourth-order valence-corrected chi connectivity index (χ4v) is 2.90. The second-order valence-corrected chi connectivity index (χ2v) is 4.93. The van der Waals surface area contributed by atoms with Crippen LogP contribution in [0.5, 0.6) is 11.5 Å². The summed E-state index contributed by atoms with van der Waals surface area (Å²) in [5.41, 5.74) is 2.54. The Kier molecular flexibility index (Phi) is 2.91. The van der Waals surface area contributed by atoms with Gasteiger partial charge in [-0.05, 0) is 24.5 Å². The molecule has 0 spiro atoms. The van der Waals surface area contributed by atoms with Gasteiger partial charge in [0.2, 0.25) is 0 Å². The standard InChI is InChI=1S/C12H15BrO2/c1-7-6-8-9(14-2)4-5-10(15-3)11(8)12(7)13/h4-5,7,12H,6H2,1-3H3. The molecule has 2 unspecified atom stereocenters. The molecule has 0 aliphatic heterocycles. The Balaban J connectivity index is 2.57. The molecule has 82 valence electrons. The lowest BCUT2D eigenvalue weighted by Crippen LogP contribution is -1.96. The summed E-state index contributed by atoms with van der Waals surface area (Å²) < 4.78 is 10.8. The highest BCUT2D eigenvalue weighted by Crippen LogP contribution is 2.49. The molecule has 0 amide bonds. The quantitative estimate of drug-likeness (QED) is 0.768. The molecule has 0 saturated heterocycles. The highest BCUT2D eigenvalue weighted by molar-refractivity contribution is 9.09. The molecule has 0 radical (unpaired) electrons. The van der Waals surface area contributed by atoms with Crippen molar-refractivity contribution in [1.82, 2.24) is 0 Å². The van der Waals surface area contributed by atoms with E-state index in [1.54, 1.807) is 14.2 Å². The van der Waals surface area contributed by atoms with Crippen LogP contribution in [0.1, 0.15) is 22.9 Å². The third-order valence-electron chi connectivity index (χ3n) is 3.02. The molecule has 2 nitrogen and oxygen atoms in total. The van der Waals surface area contributed by atoms with Crippen LogP contribution in [0.4, 0.5) is 0 Å². The Bertz CT molecular complexity index is 376. The minimum atomic E-state index is 0.373. The number of rotatable bonds is 2. The highest BCUT2D eigenvalue weighted by Gasteiger charge is 2.32. The monoisotopic (exact) mass is 270 g/mol. The van der Waals surface area contributed by atoms with Gasteiger partial charge in [-0.25, -0.2) is 0 Å². The van der Waals surface area contributed by atoms with Crippen molar-refractivity contribution >= 4 is 15.9 Å². The molecule has 3 heteroatoms. The molecule has 0 aromatic heterocycles.